The lowest BCUT2D eigenvalue weighted by Crippen LogP contribution is -2.39. The van der Waals surface area contributed by atoms with Crippen LogP contribution in [0.2, 0.25) is 0 Å². The molecule has 2 rings (SSSR count). The minimum absolute atomic E-state index is 0.100. The second kappa shape index (κ2) is 10.6. The van der Waals surface area contributed by atoms with Crippen molar-refractivity contribution >= 4 is 17.5 Å². The van der Waals surface area contributed by atoms with Crippen molar-refractivity contribution in [3.63, 3.8) is 0 Å². The molecule has 0 saturated carbocycles. The number of carbonyl (C=O) groups excluding carboxylic acids is 2. The summed E-state index contributed by atoms with van der Waals surface area (Å²) >= 11 is 0. The molecular weight excluding hydrogens is 366 g/mol. The van der Waals surface area contributed by atoms with E-state index in [9.17, 15) is 9.59 Å². The van der Waals surface area contributed by atoms with E-state index in [4.69, 9.17) is 4.74 Å². The average Bonchev–Trinajstić information content (AvgIpc) is 2.65. The van der Waals surface area contributed by atoms with Crippen LogP contribution in [0.15, 0.2) is 36.4 Å². The summed E-state index contributed by atoms with van der Waals surface area (Å²) in [5.74, 6) is 0.582. The van der Waals surface area contributed by atoms with Gasteiger partial charge in [-0.05, 0) is 63.1 Å². The van der Waals surface area contributed by atoms with Gasteiger partial charge in [-0.1, -0.05) is 29.8 Å². The van der Waals surface area contributed by atoms with Crippen LogP contribution in [0.5, 0.6) is 5.75 Å². The molecule has 2 amide bonds. The summed E-state index contributed by atoms with van der Waals surface area (Å²) in [6.07, 6.45) is 0.742. The lowest BCUT2D eigenvalue weighted by atomic mass is 10.1. The molecule has 0 aliphatic carbocycles. The molecule has 0 heterocycles. The Hall–Kier alpha value is -2.86. The molecular formula is C23H31N3O3. The van der Waals surface area contributed by atoms with E-state index in [0.29, 0.717) is 6.54 Å². The fraction of sp³-hybridized carbons (Fsp3) is 0.391. The number of nitrogens with one attached hydrogen (secondary N) is 2. The minimum atomic E-state index is -0.131. The fourth-order valence-corrected chi connectivity index (χ4v) is 3.30. The van der Waals surface area contributed by atoms with Crippen LogP contribution in [0, 0.1) is 20.8 Å². The first-order chi connectivity index (χ1) is 13.8. The molecule has 2 aromatic carbocycles. The van der Waals surface area contributed by atoms with Gasteiger partial charge in [0, 0.05) is 12.2 Å². The van der Waals surface area contributed by atoms with E-state index < -0.39 is 0 Å². The summed E-state index contributed by atoms with van der Waals surface area (Å²) in [6, 6.07) is 11.9. The molecule has 0 spiro atoms. The van der Waals surface area contributed by atoms with Crippen LogP contribution in [0.4, 0.5) is 5.69 Å². The van der Waals surface area contributed by atoms with Gasteiger partial charge < -0.3 is 15.4 Å². The number of benzene rings is 2. The lowest BCUT2D eigenvalue weighted by molar-refractivity contribution is -0.122. The molecule has 0 atom stereocenters. The summed E-state index contributed by atoms with van der Waals surface area (Å²) < 4.78 is 5.13. The summed E-state index contributed by atoms with van der Waals surface area (Å²) in [4.78, 5) is 26.2. The third kappa shape index (κ3) is 7.23. The monoisotopic (exact) mass is 397 g/mol. The van der Waals surface area contributed by atoms with Crippen LogP contribution < -0.4 is 15.4 Å². The zero-order chi connectivity index (χ0) is 21.4. The van der Waals surface area contributed by atoms with Gasteiger partial charge in [-0.25, -0.2) is 0 Å². The summed E-state index contributed by atoms with van der Waals surface area (Å²) in [7, 11) is 3.40. The maximum absolute atomic E-state index is 12.4. The Bertz CT molecular complexity index is 824. The average molecular weight is 398 g/mol. The van der Waals surface area contributed by atoms with E-state index in [2.05, 4.69) is 10.6 Å². The first-order valence-electron chi connectivity index (χ1n) is 9.74. The van der Waals surface area contributed by atoms with Crippen LogP contribution in [-0.2, 0) is 16.0 Å². The molecule has 0 aliphatic rings. The Kier molecular flexibility index (Phi) is 8.21. The SMILES string of the molecule is COc1ccc(CCNC(=O)CN(C)CC(=O)Nc2c(C)cc(C)cc2C)cc1. The van der Waals surface area contributed by atoms with Crippen LogP contribution in [0.25, 0.3) is 0 Å². The normalized spacial score (nSPS) is 10.7. The van der Waals surface area contributed by atoms with Crippen LogP contribution in [-0.4, -0.2) is 50.5 Å². The van der Waals surface area contributed by atoms with Gasteiger partial charge >= 0.3 is 0 Å². The molecule has 6 nitrogen and oxygen atoms in total. The zero-order valence-electron chi connectivity index (χ0n) is 18.0. The summed E-state index contributed by atoms with van der Waals surface area (Å²) in [5.41, 5.74) is 5.21. The number of methoxy groups -OCH3 is 1. The highest BCUT2D eigenvalue weighted by Crippen LogP contribution is 2.21. The predicted molar refractivity (Wildman–Crippen MR) is 116 cm³/mol. The number of aryl methyl sites for hydroxylation is 3. The first-order valence-corrected chi connectivity index (χ1v) is 9.74. The minimum Gasteiger partial charge on any atom is -0.497 e. The molecule has 2 N–H and O–H groups in total. The first kappa shape index (κ1) is 22.4. The van der Waals surface area contributed by atoms with Crippen LogP contribution in [0.3, 0.4) is 0 Å². The highest BCUT2D eigenvalue weighted by Gasteiger charge is 2.13. The Morgan fingerprint density at radius 2 is 1.55 bits per heavy atom. The van der Waals surface area contributed by atoms with E-state index in [1.165, 1.54) is 5.56 Å². The Morgan fingerprint density at radius 3 is 2.14 bits per heavy atom. The number of likely N-dealkylation sites (N-methyl/N-ethyl adjacent to an activating group) is 1. The molecule has 0 bridgehead atoms. The highest BCUT2D eigenvalue weighted by atomic mass is 16.5. The molecule has 0 aliphatic heterocycles. The van der Waals surface area contributed by atoms with Crippen molar-refractivity contribution in [1.29, 1.82) is 0 Å². The van der Waals surface area contributed by atoms with E-state index in [-0.39, 0.29) is 24.9 Å². The van der Waals surface area contributed by atoms with Gasteiger partial charge in [-0.2, -0.15) is 0 Å². The molecule has 6 heteroatoms. The van der Waals surface area contributed by atoms with Crippen molar-refractivity contribution < 1.29 is 14.3 Å². The Labute approximate surface area is 173 Å². The van der Waals surface area contributed by atoms with Crippen molar-refractivity contribution in [2.75, 3.05) is 39.1 Å². The predicted octanol–water partition coefficient (Wildman–Crippen LogP) is 2.85. The van der Waals surface area contributed by atoms with Gasteiger partial charge in [0.2, 0.25) is 11.8 Å². The largest absolute Gasteiger partial charge is 0.497 e. The van der Waals surface area contributed by atoms with Gasteiger partial charge in [-0.15, -0.1) is 0 Å². The van der Waals surface area contributed by atoms with E-state index in [0.717, 1.165) is 34.5 Å². The molecule has 0 aromatic heterocycles. The van der Waals surface area contributed by atoms with Gasteiger partial charge in [-0.3, -0.25) is 14.5 Å². The molecule has 0 saturated heterocycles. The van der Waals surface area contributed by atoms with Crippen molar-refractivity contribution in [3.05, 3.63) is 58.7 Å². The van der Waals surface area contributed by atoms with E-state index in [1.54, 1.807) is 19.1 Å². The standard InChI is InChI=1S/C23H31N3O3/c1-16-12-17(2)23(18(3)13-16)25-22(28)15-26(4)14-21(27)24-11-10-19-6-8-20(29-5)9-7-19/h6-9,12-13H,10-11,14-15H2,1-5H3,(H,24,27)(H,25,28). The van der Waals surface area contributed by atoms with Crippen molar-refractivity contribution in [2.45, 2.75) is 27.2 Å². The molecule has 2 aromatic rings. The fourth-order valence-electron chi connectivity index (χ4n) is 3.30. The molecule has 156 valence electrons. The number of carbonyl (C=O) groups is 2. The van der Waals surface area contributed by atoms with Crippen molar-refractivity contribution in [2.24, 2.45) is 0 Å². The number of rotatable bonds is 9. The quantitative estimate of drug-likeness (QED) is 0.683. The van der Waals surface area contributed by atoms with Gasteiger partial charge in [0.1, 0.15) is 5.75 Å². The third-order valence-electron chi connectivity index (χ3n) is 4.66. The smallest absolute Gasteiger partial charge is 0.238 e. The summed E-state index contributed by atoms with van der Waals surface area (Å²) in [6.45, 7) is 6.87. The molecule has 29 heavy (non-hydrogen) atoms. The number of amides is 2. The van der Waals surface area contributed by atoms with Crippen molar-refractivity contribution in [3.8, 4) is 5.75 Å². The van der Waals surface area contributed by atoms with Crippen LogP contribution >= 0.6 is 0 Å². The second-order valence-electron chi connectivity index (χ2n) is 7.44. The van der Waals surface area contributed by atoms with E-state index >= 15 is 0 Å². The number of hydrogen-bond donors (Lipinski definition) is 2. The molecule has 0 unspecified atom stereocenters. The molecule has 0 fully saturated rings. The number of nitrogens with zero attached hydrogens (tertiary/aromatic N) is 1. The topological polar surface area (TPSA) is 70.7 Å². The third-order valence-corrected chi connectivity index (χ3v) is 4.66. The van der Waals surface area contributed by atoms with Crippen molar-refractivity contribution in [1.82, 2.24) is 10.2 Å². The Morgan fingerprint density at radius 1 is 0.966 bits per heavy atom. The number of ether oxygens (including phenoxy) is 1. The number of anilines is 1. The Balaban J connectivity index is 1.74. The van der Waals surface area contributed by atoms with Crippen LogP contribution in [0.1, 0.15) is 22.3 Å². The summed E-state index contributed by atoms with van der Waals surface area (Å²) in [5, 5.41) is 5.86. The lowest BCUT2D eigenvalue weighted by Gasteiger charge is -2.18. The van der Waals surface area contributed by atoms with Gasteiger partial charge in [0.25, 0.3) is 0 Å². The van der Waals surface area contributed by atoms with Gasteiger partial charge in [0.15, 0.2) is 0 Å². The highest BCUT2D eigenvalue weighted by molar-refractivity contribution is 5.94. The van der Waals surface area contributed by atoms with E-state index in [1.807, 2.05) is 57.2 Å². The second-order valence-corrected chi connectivity index (χ2v) is 7.44. The maximum atomic E-state index is 12.4. The van der Waals surface area contributed by atoms with Gasteiger partial charge in [0.05, 0.1) is 20.2 Å². The molecule has 0 radical (unpaired) electrons. The number of hydrogen-bond acceptors (Lipinski definition) is 4. The zero-order valence-corrected chi connectivity index (χ0v) is 18.0. The maximum Gasteiger partial charge on any atom is 0.238 e.